The first kappa shape index (κ1) is 14.2. The summed E-state index contributed by atoms with van der Waals surface area (Å²) in [4.78, 5) is 10.4. The SMILES string of the molecule is CCc1cc(Cl)c(NC[P+](=O)Cl)cc1[N+](=O)[O-]. The Morgan fingerprint density at radius 2 is 2.18 bits per heavy atom. The molecule has 0 spiro atoms. The molecular weight excluding hydrogens is 286 g/mol. The standard InChI is InChI=1S/C9H10Cl2N2O3P/c1-2-6-3-7(10)8(12-5-17(11)16)4-9(6)13(14)15/h3-4,12H,2,5H2,1H3/q+1. The molecule has 1 rings (SSSR count). The predicted octanol–water partition coefficient (Wildman–Crippen LogP) is 4.16. The molecule has 17 heavy (non-hydrogen) atoms. The van der Waals surface area contributed by atoms with Crippen LogP contribution in [0.1, 0.15) is 12.5 Å². The Kier molecular flexibility index (Phi) is 5.12. The van der Waals surface area contributed by atoms with Gasteiger partial charge in [0.25, 0.3) is 5.69 Å². The lowest BCUT2D eigenvalue weighted by atomic mass is 10.1. The van der Waals surface area contributed by atoms with Crippen molar-refractivity contribution in [2.45, 2.75) is 13.3 Å². The van der Waals surface area contributed by atoms with Crippen LogP contribution in [0.4, 0.5) is 11.4 Å². The zero-order chi connectivity index (χ0) is 13.0. The van der Waals surface area contributed by atoms with Crippen LogP contribution in [-0.4, -0.2) is 11.2 Å². The number of nitrogens with one attached hydrogen (secondary N) is 1. The maximum atomic E-state index is 10.8. The van der Waals surface area contributed by atoms with E-state index < -0.39 is 12.1 Å². The summed E-state index contributed by atoms with van der Waals surface area (Å²) >= 11 is 11.3. The van der Waals surface area contributed by atoms with Crippen LogP contribution in [0, 0.1) is 10.1 Å². The fraction of sp³-hybridized carbons (Fsp3) is 0.333. The Bertz CT molecular complexity index is 468. The highest BCUT2D eigenvalue weighted by molar-refractivity contribution is 7.73. The molecule has 0 aliphatic rings. The summed E-state index contributed by atoms with van der Waals surface area (Å²) in [5, 5.41) is 13.9. The lowest BCUT2D eigenvalue weighted by molar-refractivity contribution is -0.385. The summed E-state index contributed by atoms with van der Waals surface area (Å²) in [5.74, 6) is 0. The van der Waals surface area contributed by atoms with Crippen LogP contribution in [0.25, 0.3) is 0 Å². The average Bonchev–Trinajstić information content (AvgIpc) is 2.26. The molecule has 1 atom stereocenters. The number of rotatable bonds is 5. The molecule has 0 fully saturated rings. The quantitative estimate of drug-likeness (QED) is 0.503. The van der Waals surface area contributed by atoms with E-state index in [0.717, 1.165) is 0 Å². The van der Waals surface area contributed by atoms with Crippen molar-refractivity contribution in [2.24, 2.45) is 0 Å². The molecule has 1 unspecified atom stereocenters. The molecule has 8 heteroatoms. The topological polar surface area (TPSA) is 72.2 Å². The lowest BCUT2D eigenvalue weighted by Gasteiger charge is -2.06. The maximum Gasteiger partial charge on any atom is 0.476 e. The molecule has 0 saturated heterocycles. The number of hydrogen-bond donors (Lipinski definition) is 1. The van der Waals surface area contributed by atoms with E-state index in [-0.39, 0.29) is 12.0 Å². The van der Waals surface area contributed by atoms with Crippen LogP contribution in [0.15, 0.2) is 12.1 Å². The highest BCUT2D eigenvalue weighted by atomic mass is 35.7. The highest BCUT2D eigenvalue weighted by Gasteiger charge is 2.18. The molecular formula is C9H10Cl2N2O3P+. The van der Waals surface area contributed by atoms with E-state index in [9.17, 15) is 14.7 Å². The van der Waals surface area contributed by atoms with Crippen LogP contribution in [0.5, 0.6) is 0 Å². The minimum Gasteiger partial charge on any atom is -0.342 e. The first-order valence-corrected chi connectivity index (χ1v) is 7.49. The molecule has 0 heterocycles. The van der Waals surface area contributed by atoms with Gasteiger partial charge in [-0.3, -0.25) is 10.1 Å². The second-order valence-corrected chi connectivity index (χ2v) is 5.71. The van der Waals surface area contributed by atoms with E-state index in [4.69, 9.17) is 22.8 Å². The minimum atomic E-state index is -1.89. The van der Waals surface area contributed by atoms with Crippen molar-refractivity contribution in [3.63, 3.8) is 0 Å². The molecule has 1 aromatic rings. The minimum absolute atomic E-state index is 0.0100. The average molecular weight is 296 g/mol. The van der Waals surface area contributed by atoms with Gasteiger partial charge in [0.15, 0.2) is 0 Å². The van der Waals surface area contributed by atoms with E-state index >= 15 is 0 Å². The number of nitro groups is 1. The predicted molar refractivity (Wildman–Crippen MR) is 69.4 cm³/mol. The van der Waals surface area contributed by atoms with Gasteiger partial charge in [0.2, 0.25) is 17.5 Å². The Labute approximate surface area is 109 Å². The molecule has 5 nitrogen and oxygen atoms in total. The van der Waals surface area contributed by atoms with Crippen LogP contribution < -0.4 is 5.32 Å². The van der Waals surface area contributed by atoms with E-state index in [2.05, 4.69) is 5.32 Å². The van der Waals surface area contributed by atoms with E-state index in [1.54, 1.807) is 6.92 Å². The van der Waals surface area contributed by atoms with Gasteiger partial charge in [-0.2, -0.15) is 0 Å². The van der Waals surface area contributed by atoms with Crippen LogP contribution in [0.2, 0.25) is 5.02 Å². The van der Waals surface area contributed by atoms with Crippen molar-refractivity contribution < 1.29 is 9.49 Å². The summed E-state index contributed by atoms with van der Waals surface area (Å²) < 4.78 is 10.7. The third-order valence-electron chi connectivity index (χ3n) is 2.14. The number of benzene rings is 1. The number of hydrogen-bond acceptors (Lipinski definition) is 4. The lowest BCUT2D eigenvalue weighted by Crippen LogP contribution is -2.00. The molecule has 0 radical (unpaired) electrons. The van der Waals surface area contributed by atoms with E-state index in [0.29, 0.717) is 22.7 Å². The van der Waals surface area contributed by atoms with E-state index in [1.165, 1.54) is 12.1 Å². The van der Waals surface area contributed by atoms with Crippen molar-refractivity contribution in [2.75, 3.05) is 11.6 Å². The summed E-state index contributed by atoms with van der Waals surface area (Å²) in [5.41, 5.74) is 0.907. The number of anilines is 1. The Balaban J connectivity index is 3.10. The zero-order valence-electron chi connectivity index (χ0n) is 8.94. The molecule has 0 aliphatic carbocycles. The fourth-order valence-electron chi connectivity index (χ4n) is 1.34. The second-order valence-electron chi connectivity index (χ2n) is 3.22. The van der Waals surface area contributed by atoms with Gasteiger partial charge in [-0.25, -0.2) is 0 Å². The summed E-state index contributed by atoms with van der Waals surface area (Å²) in [7, 11) is -1.89. The normalized spacial score (nSPS) is 11.1. The van der Waals surface area contributed by atoms with Crippen molar-refractivity contribution in [1.29, 1.82) is 0 Å². The van der Waals surface area contributed by atoms with Crippen LogP contribution in [0.3, 0.4) is 0 Å². The molecule has 0 bridgehead atoms. The molecule has 0 aromatic heterocycles. The van der Waals surface area contributed by atoms with Gasteiger partial charge < -0.3 is 5.32 Å². The van der Waals surface area contributed by atoms with Gasteiger partial charge in [-0.15, -0.1) is 0 Å². The summed E-state index contributed by atoms with van der Waals surface area (Å²) in [6.45, 7) is 1.81. The Morgan fingerprint density at radius 1 is 1.53 bits per heavy atom. The van der Waals surface area contributed by atoms with Gasteiger partial charge in [-0.05, 0) is 17.1 Å². The fourth-order valence-corrected chi connectivity index (χ4v) is 2.07. The van der Waals surface area contributed by atoms with Gasteiger partial charge in [-0.1, -0.05) is 18.5 Å². The van der Waals surface area contributed by atoms with Crippen molar-refractivity contribution in [1.82, 2.24) is 0 Å². The van der Waals surface area contributed by atoms with E-state index in [1.807, 2.05) is 0 Å². The molecule has 1 N–H and O–H groups in total. The van der Waals surface area contributed by atoms with Crippen LogP contribution in [-0.2, 0) is 11.0 Å². The van der Waals surface area contributed by atoms with Crippen molar-refractivity contribution >= 4 is 41.4 Å². The number of halogens is 2. The number of nitrogens with zero attached hydrogens (tertiary/aromatic N) is 1. The maximum absolute atomic E-state index is 10.8. The number of nitro benzene ring substituents is 1. The third kappa shape index (κ3) is 3.80. The highest BCUT2D eigenvalue weighted by Crippen LogP contribution is 2.33. The van der Waals surface area contributed by atoms with Crippen molar-refractivity contribution in [3.8, 4) is 0 Å². The van der Waals surface area contributed by atoms with Crippen molar-refractivity contribution in [3.05, 3.63) is 32.8 Å². The van der Waals surface area contributed by atoms with Gasteiger partial charge in [0, 0.05) is 11.6 Å². The van der Waals surface area contributed by atoms with Crippen LogP contribution >= 0.6 is 30.0 Å². The zero-order valence-corrected chi connectivity index (χ0v) is 11.4. The molecule has 0 amide bonds. The van der Waals surface area contributed by atoms with Gasteiger partial charge in [0.1, 0.15) is 0 Å². The third-order valence-corrected chi connectivity index (χ3v) is 3.22. The summed E-state index contributed by atoms with van der Waals surface area (Å²) in [6, 6.07) is 2.86. The number of aryl methyl sites for hydroxylation is 1. The Hall–Kier alpha value is -0.900. The molecule has 0 saturated carbocycles. The van der Waals surface area contributed by atoms with Gasteiger partial charge >= 0.3 is 7.15 Å². The summed E-state index contributed by atoms with van der Waals surface area (Å²) in [6.07, 6.45) is 0.527. The first-order valence-electron chi connectivity index (χ1n) is 4.76. The monoisotopic (exact) mass is 295 g/mol. The van der Waals surface area contributed by atoms with Gasteiger partial charge in [0.05, 0.1) is 15.6 Å². The molecule has 92 valence electrons. The smallest absolute Gasteiger partial charge is 0.342 e. The largest absolute Gasteiger partial charge is 0.476 e. The first-order chi connectivity index (χ1) is 7.95. The molecule has 1 aromatic carbocycles. The molecule has 0 aliphatic heterocycles. The Morgan fingerprint density at radius 3 is 2.65 bits per heavy atom. The second kappa shape index (κ2) is 6.15.